The zero-order valence-electron chi connectivity index (χ0n) is 18.2. The van der Waals surface area contributed by atoms with Gasteiger partial charge in [-0.25, -0.2) is 15.0 Å². The van der Waals surface area contributed by atoms with E-state index in [4.69, 9.17) is 16.0 Å². The Kier molecular flexibility index (Phi) is 6.46. The summed E-state index contributed by atoms with van der Waals surface area (Å²) >= 11 is 6.24. The topological polar surface area (TPSA) is 52.8 Å². The van der Waals surface area contributed by atoms with Gasteiger partial charge in [-0.05, 0) is 43.5 Å². The number of aryl methyl sites for hydroxylation is 1. The van der Waals surface area contributed by atoms with E-state index in [-0.39, 0.29) is 17.2 Å². The zero-order chi connectivity index (χ0) is 21.2. The molecule has 0 saturated heterocycles. The van der Waals surface area contributed by atoms with Gasteiger partial charge < -0.3 is 8.99 Å². The number of imidazole rings is 1. The first-order chi connectivity index (χ1) is 13.6. The molecule has 0 amide bonds. The molecule has 156 valence electrons. The zero-order valence-corrected chi connectivity index (χ0v) is 19.9. The van der Waals surface area contributed by atoms with Crippen molar-refractivity contribution in [3.63, 3.8) is 0 Å². The van der Waals surface area contributed by atoms with Crippen molar-refractivity contribution in [2.75, 3.05) is 0 Å². The fourth-order valence-corrected chi connectivity index (χ4v) is 4.96. The van der Waals surface area contributed by atoms with Crippen molar-refractivity contribution in [1.82, 2.24) is 19.5 Å². The lowest BCUT2D eigenvalue weighted by Gasteiger charge is -2.40. The molecule has 0 N–H and O–H groups in total. The van der Waals surface area contributed by atoms with Gasteiger partial charge in [-0.15, -0.1) is 0 Å². The van der Waals surface area contributed by atoms with E-state index in [0.29, 0.717) is 10.7 Å². The minimum Gasteiger partial charge on any atom is -0.412 e. The van der Waals surface area contributed by atoms with Gasteiger partial charge in [0.15, 0.2) is 19.1 Å². The fraction of sp³-hybridized carbons (Fsp3) is 0.500. The molecule has 3 rings (SSSR count). The van der Waals surface area contributed by atoms with Crippen LogP contribution in [0.2, 0.25) is 23.3 Å². The second-order valence-corrected chi connectivity index (χ2v) is 14.3. The van der Waals surface area contributed by atoms with Crippen LogP contribution in [0.4, 0.5) is 0 Å². The van der Waals surface area contributed by atoms with Gasteiger partial charge in [0.05, 0.1) is 18.5 Å². The third-order valence-corrected chi connectivity index (χ3v) is 10.9. The van der Waals surface area contributed by atoms with Crippen molar-refractivity contribution < 1.29 is 4.43 Å². The first-order valence-electron chi connectivity index (χ1n) is 10.1. The number of hydrogen-bond donors (Lipinski definition) is 0. The Morgan fingerprint density at radius 1 is 1.10 bits per heavy atom. The van der Waals surface area contributed by atoms with E-state index in [2.05, 4.69) is 84.6 Å². The predicted molar refractivity (Wildman–Crippen MR) is 122 cm³/mol. The van der Waals surface area contributed by atoms with Crippen molar-refractivity contribution in [3.8, 4) is 0 Å². The van der Waals surface area contributed by atoms with Crippen LogP contribution in [-0.2, 0) is 10.8 Å². The molecule has 0 saturated carbocycles. The Balaban J connectivity index is 1.93. The summed E-state index contributed by atoms with van der Waals surface area (Å²) in [5.41, 5.74) is 2.71. The molecule has 0 spiro atoms. The van der Waals surface area contributed by atoms with E-state index in [1.165, 1.54) is 11.9 Å². The minimum atomic E-state index is -1.92. The van der Waals surface area contributed by atoms with Crippen LogP contribution in [0.25, 0.3) is 11.2 Å². The van der Waals surface area contributed by atoms with Gasteiger partial charge in [-0.1, -0.05) is 62.7 Å². The molecule has 0 aliphatic rings. The standard InChI is InChI=1S/C22H31ClN4OSi/c1-16(28-29(5,6)22(2,3)4)18(13-12-17-10-8-7-9-11-17)27-15-26-19-20(23)24-14-25-21(19)27/h7-11,14-16,18H,12-13H2,1-6H3/t16-,18+/m0/s1. The lowest BCUT2D eigenvalue weighted by atomic mass is 10.0. The summed E-state index contributed by atoms with van der Waals surface area (Å²) in [6.07, 6.45) is 5.22. The molecule has 0 aliphatic carbocycles. The fourth-order valence-electron chi connectivity index (χ4n) is 3.35. The van der Waals surface area contributed by atoms with Crippen molar-refractivity contribution in [3.05, 3.63) is 53.7 Å². The number of aromatic nitrogens is 4. The lowest BCUT2D eigenvalue weighted by Crippen LogP contribution is -2.45. The monoisotopic (exact) mass is 430 g/mol. The third-order valence-electron chi connectivity index (χ3n) is 6.07. The van der Waals surface area contributed by atoms with Crippen LogP contribution in [-0.4, -0.2) is 33.9 Å². The molecular weight excluding hydrogens is 400 g/mol. The van der Waals surface area contributed by atoms with E-state index < -0.39 is 8.32 Å². The molecule has 0 unspecified atom stereocenters. The number of hydrogen-bond acceptors (Lipinski definition) is 4. The van der Waals surface area contributed by atoms with Gasteiger partial charge in [0.25, 0.3) is 0 Å². The highest BCUT2D eigenvalue weighted by Gasteiger charge is 2.40. The highest BCUT2D eigenvalue weighted by molar-refractivity contribution is 6.74. The summed E-state index contributed by atoms with van der Waals surface area (Å²) in [4.78, 5) is 13.0. The van der Waals surface area contributed by atoms with Crippen LogP contribution < -0.4 is 0 Å². The van der Waals surface area contributed by atoms with E-state index in [1.54, 1.807) is 0 Å². The average molecular weight is 431 g/mol. The molecule has 0 radical (unpaired) electrons. The smallest absolute Gasteiger partial charge is 0.192 e. The average Bonchev–Trinajstić information content (AvgIpc) is 3.07. The van der Waals surface area contributed by atoms with Crippen LogP contribution in [0.5, 0.6) is 0 Å². The summed E-state index contributed by atoms with van der Waals surface area (Å²) in [6.45, 7) is 13.6. The molecule has 29 heavy (non-hydrogen) atoms. The quantitative estimate of drug-likeness (QED) is 0.337. The van der Waals surface area contributed by atoms with E-state index >= 15 is 0 Å². The van der Waals surface area contributed by atoms with Crippen LogP contribution in [0.3, 0.4) is 0 Å². The minimum absolute atomic E-state index is 0.0192. The molecule has 2 atom stereocenters. The molecule has 3 aromatic rings. The Labute approximate surface area is 179 Å². The summed E-state index contributed by atoms with van der Waals surface area (Å²) in [5.74, 6) is 0. The highest BCUT2D eigenvalue weighted by Crippen LogP contribution is 2.39. The van der Waals surface area contributed by atoms with Gasteiger partial charge in [0.2, 0.25) is 0 Å². The SMILES string of the molecule is C[C@H](O[Si](C)(C)C(C)(C)C)[C@@H](CCc1ccccc1)n1cnc2c(Cl)ncnc21. The van der Waals surface area contributed by atoms with Crippen LogP contribution in [0.15, 0.2) is 43.0 Å². The van der Waals surface area contributed by atoms with Crippen LogP contribution >= 0.6 is 11.6 Å². The number of nitrogens with zero attached hydrogens (tertiary/aromatic N) is 4. The van der Waals surface area contributed by atoms with Gasteiger partial charge >= 0.3 is 0 Å². The second kappa shape index (κ2) is 8.54. The summed E-state index contributed by atoms with van der Waals surface area (Å²) in [6, 6.07) is 10.6. The number of rotatable bonds is 7. The van der Waals surface area contributed by atoms with Crippen molar-refractivity contribution in [2.45, 2.75) is 70.8 Å². The van der Waals surface area contributed by atoms with E-state index in [9.17, 15) is 0 Å². The molecule has 0 aliphatic heterocycles. The molecule has 1 aromatic carbocycles. The van der Waals surface area contributed by atoms with Crippen LogP contribution in [0.1, 0.15) is 45.7 Å². The maximum Gasteiger partial charge on any atom is 0.192 e. The Morgan fingerprint density at radius 3 is 2.45 bits per heavy atom. The maximum absolute atomic E-state index is 6.77. The van der Waals surface area contributed by atoms with Gasteiger partial charge in [0, 0.05) is 0 Å². The second-order valence-electron chi connectivity index (χ2n) is 9.16. The van der Waals surface area contributed by atoms with E-state index in [0.717, 1.165) is 18.5 Å². The molecule has 7 heteroatoms. The normalized spacial score (nSPS) is 14.9. The molecule has 2 aromatic heterocycles. The predicted octanol–water partition coefficient (Wildman–Crippen LogP) is 6.06. The van der Waals surface area contributed by atoms with Crippen molar-refractivity contribution in [1.29, 1.82) is 0 Å². The Bertz CT molecular complexity index is 952. The van der Waals surface area contributed by atoms with Crippen LogP contribution in [0, 0.1) is 0 Å². The number of benzene rings is 1. The van der Waals surface area contributed by atoms with Gasteiger partial charge in [0.1, 0.15) is 11.8 Å². The molecule has 0 fully saturated rings. The third kappa shape index (κ3) is 4.87. The highest BCUT2D eigenvalue weighted by atomic mass is 35.5. The molecular formula is C22H31ClN4OSi. The van der Waals surface area contributed by atoms with Crippen molar-refractivity contribution >= 4 is 31.1 Å². The summed E-state index contributed by atoms with van der Waals surface area (Å²) in [7, 11) is -1.92. The Morgan fingerprint density at radius 2 is 1.79 bits per heavy atom. The van der Waals surface area contributed by atoms with Gasteiger partial charge in [-0.2, -0.15) is 0 Å². The first kappa shape index (κ1) is 21.9. The number of halogens is 1. The first-order valence-corrected chi connectivity index (χ1v) is 13.4. The molecule has 5 nitrogen and oxygen atoms in total. The lowest BCUT2D eigenvalue weighted by molar-refractivity contribution is 0.134. The summed E-state index contributed by atoms with van der Waals surface area (Å²) in [5, 5.41) is 0.529. The van der Waals surface area contributed by atoms with E-state index in [1.807, 2.05) is 12.4 Å². The molecule has 0 bridgehead atoms. The number of fused-ring (bicyclic) bond motifs is 1. The van der Waals surface area contributed by atoms with Gasteiger partial charge in [-0.3, -0.25) is 0 Å². The molecule has 2 heterocycles. The Hall–Kier alpha value is -1.76. The largest absolute Gasteiger partial charge is 0.412 e. The maximum atomic E-state index is 6.77. The summed E-state index contributed by atoms with van der Waals surface area (Å²) < 4.78 is 8.88. The van der Waals surface area contributed by atoms with Crippen molar-refractivity contribution in [2.24, 2.45) is 0 Å².